The van der Waals surface area contributed by atoms with E-state index in [1.54, 1.807) is 30.6 Å². The Hall–Kier alpha value is -1.59. The van der Waals surface area contributed by atoms with Gasteiger partial charge in [0.05, 0.1) is 5.02 Å². The third-order valence-electron chi connectivity index (χ3n) is 2.49. The summed E-state index contributed by atoms with van der Waals surface area (Å²) in [6.45, 7) is 0.366. The maximum Gasteiger partial charge on any atom is 0.258 e. The molecule has 0 saturated heterocycles. The summed E-state index contributed by atoms with van der Waals surface area (Å²) in [6, 6.07) is 8.91. The van der Waals surface area contributed by atoms with Crippen molar-refractivity contribution < 1.29 is 9.53 Å². The van der Waals surface area contributed by atoms with Gasteiger partial charge in [0.1, 0.15) is 5.75 Å². The molecule has 20 heavy (non-hydrogen) atoms. The number of amides is 1. The zero-order chi connectivity index (χ0) is 14.4. The largest absolute Gasteiger partial charge is 0.482 e. The molecule has 6 heteroatoms. The minimum Gasteiger partial charge on any atom is -0.482 e. The third-order valence-corrected chi connectivity index (χ3v) is 3.28. The summed E-state index contributed by atoms with van der Waals surface area (Å²) in [5.41, 5.74) is 0.982. The highest BCUT2D eigenvalue weighted by molar-refractivity contribution is 9.10. The van der Waals surface area contributed by atoms with Crippen molar-refractivity contribution in [3.05, 3.63) is 57.8 Å². The number of carbonyl (C=O) groups excluding carboxylic acids is 1. The Balaban J connectivity index is 1.80. The molecule has 0 aliphatic heterocycles. The van der Waals surface area contributed by atoms with E-state index in [4.69, 9.17) is 16.3 Å². The number of aromatic nitrogens is 1. The molecule has 0 aliphatic rings. The quantitative estimate of drug-likeness (QED) is 0.896. The topological polar surface area (TPSA) is 51.2 Å². The molecule has 0 spiro atoms. The van der Waals surface area contributed by atoms with Crippen molar-refractivity contribution in [2.24, 2.45) is 0 Å². The van der Waals surface area contributed by atoms with Gasteiger partial charge in [0.15, 0.2) is 6.61 Å². The minimum atomic E-state index is -0.208. The minimum absolute atomic E-state index is 0.0769. The molecular formula is C14H12BrClN2O2. The van der Waals surface area contributed by atoms with Gasteiger partial charge < -0.3 is 10.1 Å². The molecule has 0 saturated carbocycles. The Kier molecular flexibility index (Phi) is 5.38. The summed E-state index contributed by atoms with van der Waals surface area (Å²) >= 11 is 9.29. The van der Waals surface area contributed by atoms with Gasteiger partial charge in [-0.05, 0) is 35.9 Å². The number of benzene rings is 1. The van der Waals surface area contributed by atoms with Crippen LogP contribution in [0.15, 0.2) is 47.2 Å². The van der Waals surface area contributed by atoms with Gasteiger partial charge in [0.25, 0.3) is 5.91 Å². The number of halogens is 2. The first-order chi connectivity index (χ1) is 9.65. The Morgan fingerprint density at radius 3 is 2.75 bits per heavy atom. The first-order valence-electron chi connectivity index (χ1n) is 5.88. The summed E-state index contributed by atoms with van der Waals surface area (Å²) in [5.74, 6) is 0.273. The van der Waals surface area contributed by atoms with E-state index in [2.05, 4.69) is 26.2 Å². The number of nitrogens with zero attached hydrogens (tertiary/aromatic N) is 1. The van der Waals surface area contributed by atoms with Gasteiger partial charge in [0, 0.05) is 23.4 Å². The van der Waals surface area contributed by atoms with E-state index in [1.165, 1.54) is 0 Å². The fourth-order valence-corrected chi connectivity index (χ4v) is 2.22. The van der Waals surface area contributed by atoms with E-state index in [9.17, 15) is 4.79 Å². The van der Waals surface area contributed by atoms with Crippen LogP contribution in [-0.2, 0) is 11.3 Å². The maximum absolute atomic E-state index is 11.7. The van der Waals surface area contributed by atoms with Crippen LogP contribution < -0.4 is 10.1 Å². The van der Waals surface area contributed by atoms with Gasteiger partial charge in [-0.1, -0.05) is 27.5 Å². The lowest BCUT2D eigenvalue weighted by Gasteiger charge is -2.09. The molecule has 1 N–H and O–H groups in total. The third kappa shape index (κ3) is 4.51. The predicted molar refractivity (Wildman–Crippen MR) is 80.7 cm³/mol. The molecule has 0 radical (unpaired) electrons. The van der Waals surface area contributed by atoms with Gasteiger partial charge >= 0.3 is 0 Å². The van der Waals surface area contributed by atoms with Crippen molar-refractivity contribution in [1.82, 2.24) is 10.3 Å². The first kappa shape index (κ1) is 14.8. The molecule has 0 unspecified atom stereocenters. The van der Waals surface area contributed by atoms with Crippen LogP contribution in [0.25, 0.3) is 0 Å². The van der Waals surface area contributed by atoms with E-state index >= 15 is 0 Å². The fourth-order valence-electron chi connectivity index (χ4n) is 1.49. The Labute approximate surface area is 130 Å². The van der Waals surface area contributed by atoms with E-state index in [0.29, 0.717) is 17.3 Å². The van der Waals surface area contributed by atoms with Crippen LogP contribution in [0.1, 0.15) is 5.56 Å². The van der Waals surface area contributed by atoms with Crippen molar-refractivity contribution in [3.63, 3.8) is 0 Å². The zero-order valence-electron chi connectivity index (χ0n) is 10.5. The number of nitrogens with one attached hydrogen (secondary N) is 1. The van der Waals surface area contributed by atoms with Crippen LogP contribution in [-0.4, -0.2) is 17.5 Å². The maximum atomic E-state index is 11.7. The van der Waals surface area contributed by atoms with Crippen LogP contribution >= 0.6 is 27.5 Å². The van der Waals surface area contributed by atoms with Crippen LogP contribution in [0.4, 0.5) is 0 Å². The monoisotopic (exact) mass is 354 g/mol. The van der Waals surface area contributed by atoms with Crippen LogP contribution in [0, 0.1) is 0 Å². The number of carbonyl (C=O) groups is 1. The lowest BCUT2D eigenvalue weighted by atomic mass is 10.3. The second kappa shape index (κ2) is 7.26. The van der Waals surface area contributed by atoms with Gasteiger partial charge in [-0.15, -0.1) is 0 Å². The van der Waals surface area contributed by atoms with Crippen LogP contribution in [0.5, 0.6) is 5.75 Å². The average molecular weight is 356 g/mol. The zero-order valence-corrected chi connectivity index (χ0v) is 12.8. The summed E-state index contributed by atoms with van der Waals surface area (Å²) in [6.07, 6.45) is 3.36. The molecule has 4 nitrogen and oxygen atoms in total. The van der Waals surface area contributed by atoms with Gasteiger partial charge in [-0.2, -0.15) is 0 Å². The smallest absolute Gasteiger partial charge is 0.258 e. The Morgan fingerprint density at radius 2 is 2.05 bits per heavy atom. The van der Waals surface area contributed by atoms with Gasteiger partial charge in [0.2, 0.25) is 0 Å². The molecule has 1 heterocycles. The second-order valence-electron chi connectivity index (χ2n) is 4.00. The lowest BCUT2D eigenvalue weighted by Crippen LogP contribution is -2.28. The normalized spacial score (nSPS) is 10.1. The number of hydrogen-bond donors (Lipinski definition) is 1. The molecule has 0 aliphatic carbocycles. The van der Waals surface area contributed by atoms with E-state index in [-0.39, 0.29) is 12.5 Å². The molecule has 104 valence electrons. The van der Waals surface area contributed by atoms with Crippen LogP contribution in [0.3, 0.4) is 0 Å². The fraction of sp³-hybridized carbons (Fsp3) is 0.143. The van der Waals surface area contributed by atoms with Gasteiger partial charge in [-0.3, -0.25) is 9.78 Å². The van der Waals surface area contributed by atoms with E-state index < -0.39 is 0 Å². The van der Waals surface area contributed by atoms with E-state index in [0.717, 1.165) is 10.0 Å². The Bertz CT molecular complexity index is 593. The average Bonchev–Trinajstić information content (AvgIpc) is 2.45. The number of hydrogen-bond acceptors (Lipinski definition) is 3. The lowest BCUT2D eigenvalue weighted by molar-refractivity contribution is -0.123. The molecule has 2 aromatic rings. The van der Waals surface area contributed by atoms with Crippen molar-refractivity contribution >= 4 is 33.4 Å². The molecule has 0 fully saturated rings. The summed E-state index contributed by atoms with van der Waals surface area (Å²) in [7, 11) is 0. The number of ether oxygens (including phenoxy) is 1. The highest BCUT2D eigenvalue weighted by atomic mass is 79.9. The molecule has 0 bridgehead atoms. The summed E-state index contributed by atoms with van der Waals surface area (Å²) < 4.78 is 6.22. The number of pyridine rings is 1. The van der Waals surface area contributed by atoms with Gasteiger partial charge in [-0.25, -0.2) is 0 Å². The Morgan fingerprint density at radius 1 is 1.30 bits per heavy atom. The summed E-state index contributed by atoms with van der Waals surface area (Å²) in [5, 5.41) is 3.22. The molecule has 1 aromatic carbocycles. The molecule has 1 aromatic heterocycles. The highest BCUT2D eigenvalue weighted by Gasteiger charge is 2.06. The molecule has 2 rings (SSSR count). The van der Waals surface area contributed by atoms with Crippen LogP contribution in [0.2, 0.25) is 5.02 Å². The molecule has 1 amide bonds. The predicted octanol–water partition coefficient (Wildman–Crippen LogP) is 3.19. The first-order valence-corrected chi connectivity index (χ1v) is 7.05. The second-order valence-corrected chi connectivity index (χ2v) is 5.32. The standard InChI is InChI=1S/C14H12BrClN2O2/c15-11-1-2-13(12(16)7-11)20-9-14(19)18-8-10-3-5-17-6-4-10/h1-7H,8-9H2,(H,18,19). The van der Waals surface area contributed by atoms with Crippen molar-refractivity contribution in [3.8, 4) is 5.75 Å². The highest BCUT2D eigenvalue weighted by Crippen LogP contribution is 2.27. The summed E-state index contributed by atoms with van der Waals surface area (Å²) in [4.78, 5) is 15.6. The van der Waals surface area contributed by atoms with Crippen molar-refractivity contribution in [2.75, 3.05) is 6.61 Å². The van der Waals surface area contributed by atoms with Crippen molar-refractivity contribution in [1.29, 1.82) is 0 Å². The SMILES string of the molecule is O=C(COc1ccc(Br)cc1Cl)NCc1ccncc1. The molecular weight excluding hydrogens is 344 g/mol. The number of rotatable bonds is 5. The van der Waals surface area contributed by atoms with Crippen molar-refractivity contribution in [2.45, 2.75) is 6.54 Å². The van der Waals surface area contributed by atoms with E-state index in [1.807, 2.05) is 12.1 Å². The molecule has 0 atom stereocenters.